The molecule has 4 rings (SSSR count). The first kappa shape index (κ1) is 15.0. The van der Waals surface area contributed by atoms with Gasteiger partial charge in [-0.15, -0.1) is 11.3 Å². The Kier molecular flexibility index (Phi) is 4.04. The summed E-state index contributed by atoms with van der Waals surface area (Å²) in [6.45, 7) is -0.0181. The number of carbonyl (C=O) groups is 1. The van der Waals surface area contributed by atoms with Crippen LogP contribution in [0.2, 0.25) is 0 Å². The quantitative estimate of drug-likeness (QED) is 0.771. The van der Waals surface area contributed by atoms with Gasteiger partial charge in [-0.25, -0.2) is 0 Å². The highest BCUT2D eigenvalue weighted by Crippen LogP contribution is 2.29. The van der Waals surface area contributed by atoms with Gasteiger partial charge in [0.1, 0.15) is 16.6 Å². The summed E-state index contributed by atoms with van der Waals surface area (Å²) in [5.41, 5.74) is 2.73. The van der Waals surface area contributed by atoms with Gasteiger partial charge in [0.2, 0.25) is 0 Å². The van der Waals surface area contributed by atoms with Crippen molar-refractivity contribution in [2.75, 3.05) is 11.5 Å². The van der Waals surface area contributed by atoms with Crippen LogP contribution in [0.5, 0.6) is 5.75 Å². The minimum absolute atomic E-state index is 0.0181. The van der Waals surface area contributed by atoms with E-state index in [-0.39, 0.29) is 12.5 Å². The van der Waals surface area contributed by atoms with Crippen molar-refractivity contribution < 1.29 is 9.53 Å². The van der Waals surface area contributed by atoms with Gasteiger partial charge < -0.3 is 4.74 Å². The number of thiophene rings is 1. The van der Waals surface area contributed by atoms with Gasteiger partial charge in [0, 0.05) is 6.07 Å². The first-order valence-corrected chi connectivity index (χ1v) is 8.80. The minimum atomic E-state index is -0.137. The van der Waals surface area contributed by atoms with E-state index in [2.05, 4.69) is 22.3 Å². The van der Waals surface area contributed by atoms with Gasteiger partial charge in [-0.05, 0) is 60.0 Å². The van der Waals surface area contributed by atoms with E-state index in [4.69, 9.17) is 4.74 Å². The Balaban J connectivity index is 1.50. The number of nitrogens with zero attached hydrogens (tertiary/aromatic N) is 2. The van der Waals surface area contributed by atoms with Gasteiger partial charge in [-0.2, -0.15) is 5.10 Å². The second-order valence-corrected chi connectivity index (χ2v) is 6.62. The Hall–Kier alpha value is -2.60. The van der Waals surface area contributed by atoms with Crippen LogP contribution in [0.25, 0.3) is 0 Å². The van der Waals surface area contributed by atoms with Crippen LogP contribution in [0.15, 0.2) is 48.0 Å². The Morgan fingerprint density at radius 1 is 1.25 bits per heavy atom. The van der Waals surface area contributed by atoms with E-state index in [1.165, 1.54) is 28.9 Å². The zero-order chi connectivity index (χ0) is 16.4. The van der Waals surface area contributed by atoms with Crippen molar-refractivity contribution in [1.29, 1.82) is 0 Å². The Bertz CT molecular complexity index is 794. The molecular weight excluding hydrogens is 322 g/mol. The molecule has 0 aliphatic heterocycles. The molecule has 2 heterocycles. The average molecular weight is 339 g/mol. The molecule has 3 aromatic rings. The molecule has 0 spiro atoms. The van der Waals surface area contributed by atoms with Crippen LogP contribution in [0.3, 0.4) is 0 Å². The summed E-state index contributed by atoms with van der Waals surface area (Å²) < 4.78 is 5.75. The zero-order valence-electron chi connectivity index (χ0n) is 13.1. The molecule has 0 unspecified atom stereocenters. The van der Waals surface area contributed by atoms with Gasteiger partial charge in [0.05, 0.1) is 6.20 Å². The van der Waals surface area contributed by atoms with Crippen LogP contribution in [0.4, 0.5) is 10.8 Å². The molecule has 1 aliphatic rings. The molecule has 1 aromatic carbocycles. The van der Waals surface area contributed by atoms with Crippen molar-refractivity contribution >= 4 is 28.1 Å². The van der Waals surface area contributed by atoms with Gasteiger partial charge in [-0.1, -0.05) is 6.07 Å². The molecule has 0 atom stereocenters. The standard InChI is InChI=1S/C18H17N3O2S/c22-17(12-23-15-7-6-13-3-1-4-14(13)11-15)21(16-8-9-19-20-16)18-5-2-10-24-18/h2,5-11H,1,3-4,12H2,(H,19,20). The van der Waals surface area contributed by atoms with E-state index < -0.39 is 0 Å². The second-order valence-electron chi connectivity index (χ2n) is 5.70. The van der Waals surface area contributed by atoms with E-state index in [0.29, 0.717) is 5.82 Å². The first-order valence-electron chi connectivity index (χ1n) is 7.92. The van der Waals surface area contributed by atoms with E-state index in [1.807, 2.05) is 23.6 Å². The van der Waals surface area contributed by atoms with Crippen molar-refractivity contribution in [3.63, 3.8) is 0 Å². The number of aryl methyl sites for hydroxylation is 2. The van der Waals surface area contributed by atoms with E-state index >= 15 is 0 Å². The number of benzene rings is 1. The van der Waals surface area contributed by atoms with Crippen LogP contribution >= 0.6 is 11.3 Å². The highest BCUT2D eigenvalue weighted by Gasteiger charge is 2.21. The zero-order valence-corrected chi connectivity index (χ0v) is 13.9. The van der Waals surface area contributed by atoms with Crippen LogP contribution in [0.1, 0.15) is 17.5 Å². The number of rotatable bonds is 5. The van der Waals surface area contributed by atoms with Crippen LogP contribution in [0, 0.1) is 0 Å². The van der Waals surface area contributed by atoms with E-state index in [1.54, 1.807) is 17.2 Å². The lowest BCUT2D eigenvalue weighted by atomic mass is 10.1. The molecule has 0 bridgehead atoms. The Morgan fingerprint density at radius 3 is 2.96 bits per heavy atom. The van der Waals surface area contributed by atoms with Crippen molar-refractivity contribution in [3.05, 3.63) is 59.1 Å². The molecule has 2 aromatic heterocycles. The summed E-state index contributed by atoms with van der Waals surface area (Å²) in [6.07, 6.45) is 5.06. The number of amides is 1. The molecule has 1 N–H and O–H groups in total. The SMILES string of the molecule is O=C(COc1ccc2c(c1)CCC2)N(c1ccn[nH]1)c1cccs1. The molecule has 0 saturated carbocycles. The lowest BCUT2D eigenvalue weighted by Crippen LogP contribution is -2.30. The molecule has 0 fully saturated rings. The molecular formula is C18H17N3O2S. The summed E-state index contributed by atoms with van der Waals surface area (Å²) in [7, 11) is 0. The monoisotopic (exact) mass is 339 g/mol. The highest BCUT2D eigenvalue weighted by atomic mass is 32.1. The second kappa shape index (κ2) is 6.49. The summed E-state index contributed by atoms with van der Waals surface area (Å²) in [6, 6.07) is 11.7. The lowest BCUT2D eigenvalue weighted by Gasteiger charge is -2.19. The van der Waals surface area contributed by atoms with Crippen molar-refractivity contribution in [2.24, 2.45) is 0 Å². The number of nitrogens with one attached hydrogen (secondary N) is 1. The number of carbonyl (C=O) groups excluding carboxylic acids is 1. The van der Waals surface area contributed by atoms with E-state index in [9.17, 15) is 4.79 Å². The molecule has 0 saturated heterocycles. The predicted octanol–water partition coefficient (Wildman–Crippen LogP) is 3.70. The minimum Gasteiger partial charge on any atom is -0.484 e. The number of hydrogen-bond donors (Lipinski definition) is 1. The average Bonchev–Trinajstić information content (AvgIpc) is 3.35. The van der Waals surface area contributed by atoms with Gasteiger partial charge in [0.25, 0.3) is 5.91 Å². The third kappa shape index (κ3) is 2.92. The van der Waals surface area contributed by atoms with Crippen molar-refractivity contribution in [1.82, 2.24) is 10.2 Å². The molecule has 1 amide bonds. The number of aromatic amines is 1. The van der Waals surface area contributed by atoms with Crippen LogP contribution in [-0.4, -0.2) is 22.7 Å². The Morgan fingerprint density at radius 2 is 2.17 bits per heavy atom. The molecule has 122 valence electrons. The smallest absolute Gasteiger partial charge is 0.271 e. The van der Waals surface area contributed by atoms with Gasteiger partial charge >= 0.3 is 0 Å². The fraction of sp³-hybridized carbons (Fsp3) is 0.222. The fourth-order valence-corrected chi connectivity index (χ4v) is 3.75. The number of aromatic nitrogens is 2. The number of fused-ring (bicyclic) bond motifs is 1. The Labute approximate surface area is 143 Å². The van der Waals surface area contributed by atoms with Gasteiger partial charge in [0.15, 0.2) is 6.61 Å². The summed E-state index contributed by atoms with van der Waals surface area (Å²) in [5.74, 6) is 1.25. The lowest BCUT2D eigenvalue weighted by molar-refractivity contribution is -0.119. The van der Waals surface area contributed by atoms with Crippen LogP contribution < -0.4 is 9.64 Å². The molecule has 5 nitrogen and oxygen atoms in total. The maximum Gasteiger partial charge on any atom is 0.271 e. The number of anilines is 2. The van der Waals surface area contributed by atoms with Gasteiger partial charge in [-0.3, -0.25) is 14.8 Å². The number of H-pyrrole nitrogens is 1. The molecule has 1 aliphatic carbocycles. The predicted molar refractivity (Wildman–Crippen MR) is 94.0 cm³/mol. The maximum absolute atomic E-state index is 12.7. The number of ether oxygens (including phenoxy) is 1. The topological polar surface area (TPSA) is 58.2 Å². The van der Waals surface area contributed by atoms with Crippen LogP contribution in [-0.2, 0) is 17.6 Å². The molecule has 0 radical (unpaired) electrons. The van der Waals surface area contributed by atoms with Crippen molar-refractivity contribution in [3.8, 4) is 5.75 Å². The first-order chi connectivity index (χ1) is 11.8. The third-order valence-corrected chi connectivity index (χ3v) is 4.99. The summed E-state index contributed by atoms with van der Waals surface area (Å²) in [5, 5.41) is 9.56. The van der Waals surface area contributed by atoms with E-state index in [0.717, 1.165) is 23.6 Å². The van der Waals surface area contributed by atoms with Crippen molar-refractivity contribution in [2.45, 2.75) is 19.3 Å². The third-order valence-electron chi connectivity index (χ3n) is 4.14. The summed E-state index contributed by atoms with van der Waals surface area (Å²) in [4.78, 5) is 14.3. The molecule has 24 heavy (non-hydrogen) atoms. The fourth-order valence-electron chi connectivity index (χ4n) is 2.99. The number of hydrogen-bond acceptors (Lipinski definition) is 4. The highest BCUT2D eigenvalue weighted by molar-refractivity contribution is 7.14. The molecule has 6 heteroatoms. The normalized spacial score (nSPS) is 12.8. The maximum atomic E-state index is 12.7. The summed E-state index contributed by atoms with van der Waals surface area (Å²) >= 11 is 1.50. The largest absolute Gasteiger partial charge is 0.484 e.